The van der Waals surface area contributed by atoms with Crippen molar-refractivity contribution < 1.29 is 31.1 Å². The molecule has 0 saturated carbocycles. The Morgan fingerprint density at radius 3 is 2.65 bits per heavy atom. The summed E-state index contributed by atoms with van der Waals surface area (Å²) in [7, 11) is -3.93. The van der Waals surface area contributed by atoms with Crippen LogP contribution in [0.25, 0.3) is 16.1 Å². The van der Waals surface area contributed by atoms with E-state index < -0.39 is 34.4 Å². The van der Waals surface area contributed by atoms with Gasteiger partial charge in [-0.2, -0.15) is 13.2 Å². The largest absolute Gasteiger partial charge is 0.453 e. The van der Waals surface area contributed by atoms with Crippen LogP contribution in [-0.2, 0) is 19.6 Å². The van der Waals surface area contributed by atoms with Crippen molar-refractivity contribution in [1.82, 2.24) is 5.32 Å². The third-order valence-electron chi connectivity index (χ3n) is 3.67. The second kappa shape index (κ2) is 10.3. The third kappa shape index (κ3) is 7.38. The highest BCUT2D eigenvalue weighted by Crippen LogP contribution is 2.32. The highest BCUT2D eigenvalue weighted by Gasteiger charge is 2.33. The van der Waals surface area contributed by atoms with Gasteiger partial charge in [-0.05, 0) is 42.2 Å². The first-order valence-electron chi connectivity index (χ1n) is 8.41. The smallest absolute Gasteiger partial charge is 0.432 e. The van der Waals surface area contributed by atoms with Crippen molar-refractivity contribution in [2.45, 2.75) is 11.1 Å². The first-order chi connectivity index (χ1) is 14.4. The van der Waals surface area contributed by atoms with Crippen LogP contribution in [-0.4, -0.2) is 45.0 Å². The summed E-state index contributed by atoms with van der Waals surface area (Å²) in [6, 6.07) is 8.87. The van der Waals surface area contributed by atoms with Crippen LogP contribution >= 0.6 is 23.1 Å². The van der Waals surface area contributed by atoms with E-state index in [1.54, 1.807) is 18.4 Å². The predicted octanol–water partition coefficient (Wildman–Crippen LogP) is 3.44. The summed E-state index contributed by atoms with van der Waals surface area (Å²) in [6.45, 7) is -0.397. The SMILES string of the molecule is CSCOC(=O)CN/C(=C\C(=N)C(F)(F)F)c1ccc(-c2cccc(S(N)(=O)=O)c2)s1. The lowest BCUT2D eigenvalue weighted by Crippen LogP contribution is -2.26. The second-order valence-electron chi connectivity index (χ2n) is 5.98. The van der Waals surface area contributed by atoms with E-state index in [9.17, 15) is 26.4 Å². The van der Waals surface area contributed by atoms with E-state index in [-0.39, 0.29) is 16.5 Å². The molecule has 0 aliphatic rings. The van der Waals surface area contributed by atoms with Gasteiger partial charge < -0.3 is 10.1 Å². The number of esters is 1. The first kappa shape index (κ1) is 24.9. The standard InChI is InChI=1S/C18H18F3N3O4S3/c1-29-10-28-17(25)9-24-13(8-16(22)18(19,20)21)15-6-5-14(30-15)11-3-2-4-12(7-11)31(23,26)27/h2-8,22,24H,9-10H2,1H3,(H2,23,26,27)/b13-8-,22-16?. The Morgan fingerprint density at radius 1 is 1.32 bits per heavy atom. The Balaban J connectivity index is 2.35. The summed E-state index contributed by atoms with van der Waals surface area (Å²) in [5, 5.41) is 15.0. The van der Waals surface area contributed by atoms with E-state index in [4.69, 9.17) is 15.3 Å². The normalized spacial score (nSPS) is 12.5. The molecule has 7 nitrogen and oxygen atoms in total. The van der Waals surface area contributed by atoms with E-state index >= 15 is 0 Å². The van der Waals surface area contributed by atoms with Gasteiger partial charge in [-0.3, -0.25) is 10.2 Å². The van der Waals surface area contributed by atoms with Gasteiger partial charge in [-0.15, -0.1) is 23.1 Å². The number of benzene rings is 1. The van der Waals surface area contributed by atoms with Crippen molar-refractivity contribution in [3.05, 3.63) is 47.4 Å². The maximum absolute atomic E-state index is 12.9. The average Bonchev–Trinajstić information content (AvgIpc) is 3.18. The molecule has 1 heterocycles. The van der Waals surface area contributed by atoms with E-state index in [0.717, 1.165) is 11.3 Å². The fraction of sp³-hybridized carbons (Fsp3) is 0.222. The Kier molecular flexibility index (Phi) is 8.28. The van der Waals surface area contributed by atoms with Gasteiger partial charge in [0.25, 0.3) is 0 Å². The maximum atomic E-state index is 12.9. The van der Waals surface area contributed by atoms with E-state index in [0.29, 0.717) is 21.4 Å². The molecule has 0 spiro atoms. The number of carbonyl (C=O) groups excluding carboxylic acids is 1. The molecule has 0 radical (unpaired) electrons. The first-order valence-corrected chi connectivity index (χ1v) is 12.2. The number of rotatable bonds is 9. The molecule has 2 aromatic rings. The van der Waals surface area contributed by atoms with Gasteiger partial charge in [0, 0.05) is 4.88 Å². The fourth-order valence-corrected chi connectivity index (χ4v) is 4.05. The predicted molar refractivity (Wildman–Crippen MR) is 115 cm³/mol. The topological polar surface area (TPSA) is 122 Å². The van der Waals surface area contributed by atoms with E-state index in [1.165, 1.54) is 36.0 Å². The summed E-state index contributed by atoms with van der Waals surface area (Å²) in [5.41, 5.74) is -1.20. The van der Waals surface area contributed by atoms with Crippen LogP contribution in [0.4, 0.5) is 13.2 Å². The van der Waals surface area contributed by atoms with Crippen LogP contribution in [0.2, 0.25) is 0 Å². The Morgan fingerprint density at radius 2 is 2.03 bits per heavy atom. The van der Waals surface area contributed by atoms with Crippen molar-refractivity contribution in [2.24, 2.45) is 5.14 Å². The summed E-state index contributed by atoms with van der Waals surface area (Å²) in [5.74, 6) is -0.571. The molecule has 2 rings (SSSR count). The number of alkyl halides is 3. The molecule has 168 valence electrons. The minimum absolute atomic E-state index is 0.0951. The second-order valence-corrected chi connectivity index (χ2v) is 9.44. The molecule has 0 bridgehead atoms. The average molecular weight is 494 g/mol. The monoisotopic (exact) mass is 493 g/mol. The number of ether oxygens (including phenoxy) is 1. The van der Waals surface area contributed by atoms with Gasteiger partial charge >= 0.3 is 12.1 Å². The lowest BCUT2D eigenvalue weighted by atomic mass is 10.2. The Bertz CT molecular complexity index is 1100. The van der Waals surface area contributed by atoms with Crippen molar-refractivity contribution in [2.75, 3.05) is 18.7 Å². The number of allylic oxidation sites excluding steroid dienone is 1. The van der Waals surface area contributed by atoms with Crippen LogP contribution in [0.15, 0.2) is 47.4 Å². The molecule has 0 amide bonds. The molecule has 1 aromatic carbocycles. The number of hydrogen-bond acceptors (Lipinski definition) is 8. The van der Waals surface area contributed by atoms with Crippen LogP contribution in [0.3, 0.4) is 0 Å². The zero-order valence-corrected chi connectivity index (χ0v) is 18.5. The number of nitrogens with one attached hydrogen (secondary N) is 2. The third-order valence-corrected chi connectivity index (χ3v) is 6.11. The Labute approximate surface area is 185 Å². The molecular formula is C18H18F3N3O4S3. The molecule has 0 saturated heterocycles. The fourth-order valence-electron chi connectivity index (χ4n) is 2.24. The molecule has 13 heteroatoms. The van der Waals surface area contributed by atoms with Crippen LogP contribution in [0, 0.1) is 5.41 Å². The number of thiophene rings is 1. The maximum Gasteiger partial charge on any atom is 0.432 e. The van der Waals surface area contributed by atoms with Gasteiger partial charge in [0.2, 0.25) is 10.0 Å². The number of primary sulfonamides is 1. The van der Waals surface area contributed by atoms with Crippen molar-refractivity contribution in [1.29, 1.82) is 5.41 Å². The van der Waals surface area contributed by atoms with Gasteiger partial charge in [0.1, 0.15) is 18.2 Å². The van der Waals surface area contributed by atoms with E-state index in [1.807, 2.05) is 0 Å². The molecule has 0 aliphatic heterocycles. The summed E-state index contributed by atoms with van der Waals surface area (Å²) >= 11 is 2.31. The quantitative estimate of drug-likeness (QED) is 0.279. The number of hydrogen-bond donors (Lipinski definition) is 3. The summed E-state index contributed by atoms with van der Waals surface area (Å²) in [4.78, 5) is 12.5. The molecule has 1 aromatic heterocycles. The van der Waals surface area contributed by atoms with E-state index in [2.05, 4.69) is 5.32 Å². The molecule has 4 N–H and O–H groups in total. The zero-order valence-electron chi connectivity index (χ0n) is 16.0. The highest BCUT2D eigenvalue weighted by atomic mass is 32.2. The van der Waals surface area contributed by atoms with Gasteiger partial charge in [-0.25, -0.2) is 13.6 Å². The number of nitrogens with two attached hydrogens (primary N) is 1. The van der Waals surface area contributed by atoms with Gasteiger partial charge in [0.05, 0.1) is 15.5 Å². The minimum Gasteiger partial charge on any atom is -0.453 e. The number of sulfonamides is 1. The van der Waals surface area contributed by atoms with Crippen molar-refractivity contribution in [3.63, 3.8) is 0 Å². The molecule has 0 atom stereocenters. The summed E-state index contributed by atoms with van der Waals surface area (Å²) in [6.07, 6.45) is -2.57. The van der Waals surface area contributed by atoms with Crippen molar-refractivity contribution in [3.8, 4) is 10.4 Å². The summed E-state index contributed by atoms with van der Waals surface area (Å²) < 4.78 is 66.6. The number of thioether (sulfide) groups is 1. The molecule has 0 unspecified atom stereocenters. The van der Waals surface area contributed by atoms with Gasteiger partial charge in [-0.1, -0.05) is 12.1 Å². The lowest BCUT2D eigenvalue weighted by Gasteiger charge is -2.11. The lowest BCUT2D eigenvalue weighted by molar-refractivity contribution is -0.140. The van der Waals surface area contributed by atoms with Crippen LogP contribution in [0.5, 0.6) is 0 Å². The zero-order chi connectivity index (χ0) is 23.2. The van der Waals surface area contributed by atoms with Crippen LogP contribution < -0.4 is 10.5 Å². The van der Waals surface area contributed by atoms with Gasteiger partial charge in [0.15, 0.2) is 0 Å². The number of carbonyl (C=O) groups is 1. The van der Waals surface area contributed by atoms with Crippen LogP contribution in [0.1, 0.15) is 4.88 Å². The number of halogens is 3. The van der Waals surface area contributed by atoms with Crippen molar-refractivity contribution >= 4 is 50.5 Å². The Hall–Kier alpha value is -2.35. The highest BCUT2D eigenvalue weighted by molar-refractivity contribution is 7.98. The molecule has 0 fully saturated rings. The molecule has 0 aliphatic carbocycles. The molecular weight excluding hydrogens is 475 g/mol. The minimum atomic E-state index is -4.86. The molecule has 31 heavy (non-hydrogen) atoms.